The number of aliphatic hydroxyl groups excluding tert-OH is 1. The first-order valence-electron chi connectivity index (χ1n) is 7.82. The molecule has 1 aliphatic rings. The summed E-state index contributed by atoms with van der Waals surface area (Å²) in [5.41, 5.74) is 0.819. The molecule has 0 spiro atoms. The van der Waals surface area contributed by atoms with E-state index in [0.717, 1.165) is 11.1 Å². The molecule has 0 aliphatic carbocycles. The highest BCUT2D eigenvalue weighted by atomic mass is 16.7. The Hall–Kier alpha value is -1.37. The lowest BCUT2D eigenvalue weighted by molar-refractivity contribution is -0.140. The van der Waals surface area contributed by atoms with E-state index in [-0.39, 0.29) is 24.8 Å². The van der Waals surface area contributed by atoms with E-state index in [1.54, 1.807) is 0 Å². The van der Waals surface area contributed by atoms with Crippen molar-refractivity contribution in [3.63, 3.8) is 0 Å². The van der Waals surface area contributed by atoms with Gasteiger partial charge in [-0.3, -0.25) is 4.79 Å². The SMILES string of the molecule is COC(=O)CC(B1OC(C)(C)C(C)(C)O1)c1ccc(CO)cc1. The Labute approximate surface area is 138 Å². The second-order valence-corrected chi connectivity index (χ2v) is 6.91. The summed E-state index contributed by atoms with van der Waals surface area (Å²) in [7, 11) is 0.845. The van der Waals surface area contributed by atoms with Crippen molar-refractivity contribution < 1.29 is 23.9 Å². The monoisotopic (exact) mass is 320 g/mol. The fourth-order valence-corrected chi connectivity index (χ4v) is 2.56. The summed E-state index contributed by atoms with van der Waals surface area (Å²) in [6.07, 6.45) is 0.172. The average Bonchev–Trinajstić information content (AvgIpc) is 2.72. The van der Waals surface area contributed by atoms with Gasteiger partial charge in [0.2, 0.25) is 0 Å². The minimum absolute atomic E-state index is 0.0154. The third-order valence-corrected chi connectivity index (χ3v) is 4.80. The molecule has 1 fully saturated rings. The van der Waals surface area contributed by atoms with Crippen LogP contribution in [0.5, 0.6) is 0 Å². The molecule has 1 atom stereocenters. The van der Waals surface area contributed by atoms with Crippen LogP contribution in [0.1, 0.15) is 51.1 Å². The van der Waals surface area contributed by atoms with Crippen molar-refractivity contribution in [1.82, 2.24) is 0 Å². The second-order valence-electron chi connectivity index (χ2n) is 6.91. The first-order chi connectivity index (χ1) is 10.7. The van der Waals surface area contributed by atoms with Crippen LogP contribution in [-0.4, -0.2) is 36.5 Å². The maximum absolute atomic E-state index is 11.8. The van der Waals surface area contributed by atoms with Crippen LogP contribution < -0.4 is 0 Å². The molecule has 1 aliphatic heterocycles. The topological polar surface area (TPSA) is 65.0 Å². The van der Waals surface area contributed by atoms with Crippen LogP contribution in [0.15, 0.2) is 24.3 Å². The molecule has 126 valence electrons. The Balaban J connectivity index is 2.29. The molecule has 0 radical (unpaired) electrons. The van der Waals surface area contributed by atoms with Gasteiger partial charge in [-0.15, -0.1) is 0 Å². The van der Waals surface area contributed by atoms with Gasteiger partial charge < -0.3 is 19.2 Å². The molecule has 1 aromatic rings. The van der Waals surface area contributed by atoms with E-state index >= 15 is 0 Å². The van der Waals surface area contributed by atoms with E-state index in [1.807, 2.05) is 52.0 Å². The summed E-state index contributed by atoms with van der Waals surface area (Å²) >= 11 is 0. The smallest absolute Gasteiger partial charge is 0.466 e. The van der Waals surface area contributed by atoms with Gasteiger partial charge in [0.25, 0.3) is 0 Å². The van der Waals surface area contributed by atoms with E-state index in [0.29, 0.717) is 0 Å². The van der Waals surface area contributed by atoms with Crippen molar-refractivity contribution in [3.05, 3.63) is 35.4 Å². The molecule has 23 heavy (non-hydrogen) atoms. The molecule has 6 heteroatoms. The van der Waals surface area contributed by atoms with Gasteiger partial charge in [0, 0.05) is 5.82 Å². The lowest BCUT2D eigenvalue weighted by Crippen LogP contribution is -2.41. The van der Waals surface area contributed by atoms with E-state index in [9.17, 15) is 9.90 Å². The van der Waals surface area contributed by atoms with Crippen LogP contribution in [-0.2, 0) is 25.4 Å². The van der Waals surface area contributed by atoms with Crippen LogP contribution in [0.3, 0.4) is 0 Å². The van der Waals surface area contributed by atoms with E-state index in [4.69, 9.17) is 14.0 Å². The zero-order valence-corrected chi connectivity index (χ0v) is 14.5. The lowest BCUT2D eigenvalue weighted by Gasteiger charge is -2.32. The summed E-state index contributed by atoms with van der Waals surface area (Å²) in [5.74, 6) is -0.577. The highest BCUT2D eigenvalue weighted by molar-refractivity contribution is 6.48. The second kappa shape index (κ2) is 6.63. The maximum Gasteiger partial charge on any atom is 0.466 e. The Kier molecular flexibility index (Phi) is 5.18. The minimum Gasteiger partial charge on any atom is -0.469 e. The Morgan fingerprint density at radius 3 is 2.13 bits per heavy atom. The molecule has 1 aromatic carbocycles. The van der Waals surface area contributed by atoms with Crippen LogP contribution in [0, 0.1) is 0 Å². The predicted molar refractivity (Wildman–Crippen MR) is 87.8 cm³/mol. The van der Waals surface area contributed by atoms with Crippen molar-refractivity contribution >= 4 is 13.1 Å². The summed E-state index contributed by atoms with van der Waals surface area (Å²) in [6, 6.07) is 7.46. The molecule has 0 saturated carbocycles. The fourth-order valence-electron chi connectivity index (χ4n) is 2.56. The minimum atomic E-state index is -0.529. The van der Waals surface area contributed by atoms with Gasteiger partial charge in [0.15, 0.2) is 0 Å². The predicted octanol–water partition coefficient (Wildman–Crippen LogP) is 2.46. The molecule has 0 aromatic heterocycles. The van der Waals surface area contributed by atoms with Gasteiger partial charge in [-0.05, 0) is 38.8 Å². The van der Waals surface area contributed by atoms with Crippen LogP contribution in [0.25, 0.3) is 0 Å². The summed E-state index contributed by atoms with van der Waals surface area (Å²) in [5, 5.41) is 9.18. The Morgan fingerprint density at radius 2 is 1.70 bits per heavy atom. The first-order valence-corrected chi connectivity index (χ1v) is 7.82. The molecule has 1 saturated heterocycles. The van der Waals surface area contributed by atoms with E-state index in [2.05, 4.69) is 0 Å². The van der Waals surface area contributed by atoms with Crippen molar-refractivity contribution in [3.8, 4) is 0 Å². The highest BCUT2D eigenvalue weighted by Crippen LogP contribution is 2.41. The van der Waals surface area contributed by atoms with Gasteiger partial charge in [-0.2, -0.15) is 0 Å². The molecule has 5 nitrogen and oxygen atoms in total. The van der Waals surface area contributed by atoms with Crippen molar-refractivity contribution in [2.75, 3.05) is 7.11 Å². The third kappa shape index (κ3) is 3.76. The Bertz CT molecular complexity index is 537. The number of hydrogen-bond acceptors (Lipinski definition) is 5. The van der Waals surface area contributed by atoms with Gasteiger partial charge in [0.05, 0.1) is 31.3 Å². The number of carbonyl (C=O) groups is 1. The van der Waals surface area contributed by atoms with Gasteiger partial charge in [0.1, 0.15) is 0 Å². The fraction of sp³-hybridized carbons (Fsp3) is 0.588. The Morgan fingerprint density at radius 1 is 1.17 bits per heavy atom. The zero-order chi connectivity index (χ0) is 17.3. The summed E-state index contributed by atoms with van der Waals surface area (Å²) < 4.78 is 17.0. The van der Waals surface area contributed by atoms with Gasteiger partial charge in [-0.25, -0.2) is 0 Å². The molecule has 0 bridgehead atoms. The zero-order valence-electron chi connectivity index (χ0n) is 14.5. The van der Waals surface area contributed by atoms with Gasteiger partial charge >= 0.3 is 13.1 Å². The molecule has 1 N–H and O–H groups in total. The number of carbonyl (C=O) groups excluding carboxylic acids is 1. The lowest BCUT2D eigenvalue weighted by atomic mass is 9.66. The number of esters is 1. The average molecular weight is 320 g/mol. The number of aliphatic hydroxyl groups is 1. The van der Waals surface area contributed by atoms with Crippen molar-refractivity contribution in [1.29, 1.82) is 0 Å². The molecule has 1 heterocycles. The maximum atomic E-state index is 11.8. The molecule has 1 unspecified atom stereocenters. The van der Waals surface area contributed by atoms with Crippen molar-refractivity contribution in [2.45, 2.75) is 57.7 Å². The molecule has 0 amide bonds. The summed E-state index contributed by atoms with van der Waals surface area (Å²) in [6.45, 7) is 7.92. The normalized spacial score (nSPS) is 20.3. The quantitative estimate of drug-likeness (QED) is 0.667. The first kappa shape index (κ1) is 18.0. The standard InChI is InChI=1S/C17H25BO5/c1-16(2)17(3,4)23-18(22-16)14(10-15(20)21-5)13-8-6-12(11-19)7-9-13/h6-9,14,19H,10-11H2,1-5H3. The summed E-state index contributed by atoms with van der Waals surface area (Å²) in [4.78, 5) is 11.8. The number of rotatable bonds is 5. The molecular weight excluding hydrogens is 295 g/mol. The van der Waals surface area contributed by atoms with E-state index < -0.39 is 18.3 Å². The van der Waals surface area contributed by atoms with E-state index in [1.165, 1.54) is 7.11 Å². The number of hydrogen-bond donors (Lipinski definition) is 1. The highest BCUT2D eigenvalue weighted by Gasteiger charge is 2.54. The number of methoxy groups -OCH3 is 1. The molecule has 2 rings (SSSR count). The number of benzene rings is 1. The third-order valence-electron chi connectivity index (χ3n) is 4.80. The molecular formula is C17H25BO5. The number of ether oxygens (including phenoxy) is 1. The van der Waals surface area contributed by atoms with Crippen molar-refractivity contribution in [2.24, 2.45) is 0 Å². The van der Waals surface area contributed by atoms with Gasteiger partial charge in [-0.1, -0.05) is 24.3 Å². The van der Waals surface area contributed by atoms with Crippen LogP contribution >= 0.6 is 0 Å². The largest absolute Gasteiger partial charge is 0.469 e. The van der Waals surface area contributed by atoms with Crippen LogP contribution in [0.4, 0.5) is 0 Å². The van der Waals surface area contributed by atoms with Crippen LogP contribution in [0.2, 0.25) is 0 Å².